The minimum Gasteiger partial charge on any atom is -0.339 e. The Morgan fingerprint density at radius 3 is 2.31 bits per heavy atom. The number of rotatable bonds is 5. The molecule has 0 aliphatic carbocycles. The third kappa shape index (κ3) is 4.25. The largest absolute Gasteiger partial charge is 0.339 e. The number of aromatic nitrogens is 2. The van der Waals surface area contributed by atoms with Gasteiger partial charge in [0.15, 0.2) is 5.78 Å². The maximum absolute atomic E-state index is 12.4. The summed E-state index contributed by atoms with van der Waals surface area (Å²) in [7, 11) is 0. The van der Waals surface area contributed by atoms with Crippen molar-refractivity contribution in [2.45, 2.75) is 26.7 Å². The second-order valence-corrected chi connectivity index (χ2v) is 6.64. The van der Waals surface area contributed by atoms with Gasteiger partial charge in [-0.25, -0.2) is 9.97 Å². The second kappa shape index (κ2) is 8.08. The van der Waals surface area contributed by atoms with Gasteiger partial charge in [-0.2, -0.15) is 0 Å². The van der Waals surface area contributed by atoms with Crippen molar-refractivity contribution in [1.29, 1.82) is 0 Å². The lowest BCUT2D eigenvalue weighted by Crippen LogP contribution is -2.49. The Labute approximate surface area is 153 Å². The highest BCUT2D eigenvalue weighted by Gasteiger charge is 2.22. The summed E-state index contributed by atoms with van der Waals surface area (Å²) in [6.45, 7) is 6.70. The van der Waals surface area contributed by atoms with Gasteiger partial charge in [-0.15, -0.1) is 0 Å². The first-order valence-electron chi connectivity index (χ1n) is 8.95. The molecule has 136 valence electrons. The lowest BCUT2D eigenvalue weighted by atomic mass is 10.0. The van der Waals surface area contributed by atoms with E-state index < -0.39 is 0 Å². The Balaban J connectivity index is 1.48. The zero-order valence-electron chi connectivity index (χ0n) is 15.3. The van der Waals surface area contributed by atoms with Crippen LogP contribution in [-0.4, -0.2) is 52.7 Å². The number of Topliss-reactive ketones (excluding diaryl/α,β-unsaturated/α-hetero) is 1. The van der Waals surface area contributed by atoms with Crippen LogP contribution in [0, 0.1) is 13.8 Å². The molecule has 2 aromatic rings. The molecule has 2 heterocycles. The molecule has 1 fully saturated rings. The van der Waals surface area contributed by atoms with Gasteiger partial charge in [-0.3, -0.25) is 9.59 Å². The number of aryl methyl sites for hydroxylation is 2. The van der Waals surface area contributed by atoms with Crippen LogP contribution < -0.4 is 4.90 Å². The number of ketones is 1. The van der Waals surface area contributed by atoms with Crippen LogP contribution in [0.5, 0.6) is 0 Å². The van der Waals surface area contributed by atoms with E-state index in [-0.39, 0.29) is 24.5 Å². The number of hydrogen-bond acceptors (Lipinski definition) is 5. The Morgan fingerprint density at radius 1 is 0.962 bits per heavy atom. The fourth-order valence-electron chi connectivity index (χ4n) is 3.05. The molecule has 1 aromatic carbocycles. The summed E-state index contributed by atoms with van der Waals surface area (Å²) in [5.74, 6) is 0.762. The molecule has 3 rings (SSSR count). The first-order chi connectivity index (χ1) is 12.5. The highest BCUT2D eigenvalue weighted by Crippen LogP contribution is 2.14. The van der Waals surface area contributed by atoms with Gasteiger partial charge >= 0.3 is 0 Å². The average molecular weight is 352 g/mol. The van der Waals surface area contributed by atoms with Crippen LogP contribution in [0.1, 0.15) is 34.3 Å². The summed E-state index contributed by atoms with van der Waals surface area (Å²) < 4.78 is 0. The van der Waals surface area contributed by atoms with Gasteiger partial charge in [0.1, 0.15) is 0 Å². The summed E-state index contributed by atoms with van der Waals surface area (Å²) in [5, 5.41) is 0. The van der Waals surface area contributed by atoms with Crippen molar-refractivity contribution < 1.29 is 9.59 Å². The molecule has 0 unspecified atom stereocenters. The van der Waals surface area contributed by atoms with E-state index in [0.717, 1.165) is 11.1 Å². The van der Waals surface area contributed by atoms with Crippen LogP contribution >= 0.6 is 0 Å². The van der Waals surface area contributed by atoms with E-state index in [1.807, 2.05) is 36.9 Å². The van der Waals surface area contributed by atoms with E-state index in [9.17, 15) is 9.59 Å². The maximum Gasteiger partial charge on any atom is 0.225 e. The van der Waals surface area contributed by atoms with Crippen molar-refractivity contribution in [2.75, 3.05) is 31.1 Å². The van der Waals surface area contributed by atoms with Crippen LogP contribution in [0.4, 0.5) is 5.95 Å². The molecule has 1 aliphatic rings. The van der Waals surface area contributed by atoms with Crippen molar-refractivity contribution in [3.8, 4) is 0 Å². The summed E-state index contributed by atoms with van der Waals surface area (Å²) >= 11 is 0. The normalized spacial score (nSPS) is 14.4. The van der Waals surface area contributed by atoms with E-state index in [1.165, 1.54) is 0 Å². The van der Waals surface area contributed by atoms with Crippen LogP contribution in [-0.2, 0) is 4.79 Å². The van der Waals surface area contributed by atoms with Gasteiger partial charge in [0.25, 0.3) is 0 Å². The van der Waals surface area contributed by atoms with Crippen molar-refractivity contribution in [3.63, 3.8) is 0 Å². The van der Waals surface area contributed by atoms with Gasteiger partial charge in [0.05, 0.1) is 0 Å². The van der Waals surface area contributed by atoms with Crippen molar-refractivity contribution >= 4 is 17.6 Å². The average Bonchev–Trinajstić information content (AvgIpc) is 2.68. The van der Waals surface area contributed by atoms with Gasteiger partial charge < -0.3 is 9.80 Å². The van der Waals surface area contributed by atoms with E-state index in [4.69, 9.17) is 0 Å². The van der Waals surface area contributed by atoms with E-state index >= 15 is 0 Å². The number of benzene rings is 1. The van der Waals surface area contributed by atoms with E-state index in [1.54, 1.807) is 18.5 Å². The first-order valence-corrected chi connectivity index (χ1v) is 8.95. The minimum absolute atomic E-state index is 0.0257. The van der Waals surface area contributed by atoms with Gasteiger partial charge in [0.2, 0.25) is 11.9 Å². The number of carbonyl (C=O) groups excluding carboxylic acids is 2. The first kappa shape index (κ1) is 18.0. The molecule has 0 radical (unpaired) electrons. The topological polar surface area (TPSA) is 66.4 Å². The van der Waals surface area contributed by atoms with Crippen LogP contribution in [0.25, 0.3) is 0 Å². The lowest BCUT2D eigenvalue weighted by molar-refractivity contribution is -0.131. The van der Waals surface area contributed by atoms with E-state index in [0.29, 0.717) is 37.7 Å². The lowest BCUT2D eigenvalue weighted by Gasteiger charge is -2.34. The molecule has 6 heteroatoms. The SMILES string of the molecule is Cc1ccc(C(=O)CCC(=O)N2CCN(c3ncccn3)CC2)cc1C. The summed E-state index contributed by atoms with van der Waals surface area (Å²) in [6, 6.07) is 7.49. The molecule has 1 amide bonds. The van der Waals surface area contributed by atoms with Crippen LogP contribution in [0.15, 0.2) is 36.7 Å². The third-order valence-electron chi connectivity index (χ3n) is 4.86. The molecule has 1 aromatic heterocycles. The second-order valence-electron chi connectivity index (χ2n) is 6.64. The predicted octanol–water partition coefficient (Wildman–Crippen LogP) is 2.41. The number of hydrogen-bond donors (Lipinski definition) is 0. The van der Waals surface area contributed by atoms with Crippen LogP contribution in [0.2, 0.25) is 0 Å². The Bertz CT molecular complexity index is 784. The monoisotopic (exact) mass is 352 g/mol. The third-order valence-corrected chi connectivity index (χ3v) is 4.86. The molecule has 0 saturated carbocycles. The zero-order valence-corrected chi connectivity index (χ0v) is 15.3. The number of piperazine rings is 1. The number of anilines is 1. The number of carbonyl (C=O) groups is 2. The van der Waals surface area contributed by atoms with Gasteiger partial charge in [0, 0.05) is 57.0 Å². The molecule has 26 heavy (non-hydrogen) atoms. The molecular weight excluding hydrogens is 328 g/mol. The van der Waals surface area contributed by atoms with Crippen LogP contribution in [0.3, 0.4) is 0 Å². The van der Waals surface area contributed by atoms with Gasteiger partial charge in [-0.1, -0.05) is 12.1 Å². The van der Waals surface area contributed by atoms with Crippen molar-refractivity contribution in [2.24, 2.45) is 0 Å². The van der Waals surface area contributed by atoms with Crippen molar-refractivity contribution in [1.82, 2.24) is 14.9 Å². The Hall–Kier alpha value is -2.76. The molecule has 1 saturated heterocycles. The predicted molar refractivity (Wildman–Crippen MR) is 100 cm³/mol. The van der Waals surface area contributed by atoms with E-state index in [2.05, 4.69) is 14.9 Å². The van der Waals surface area contributed by atoms with Gasteiger partial charge in [-0.05, 0) is 37.1 Å². The summed E-state index contributed by atoms with van der Waals surface area (Å²) in [4.78, 5) is 37.1. The maximum atomic E-state index is 12.4. The number of amides is 1. The zero-order chi connectivity index (χ0) is 18.5. The minimum atomic E-state index is 0.0257. The molecule has 0 atom stereocenters. The smallest absolute Gasteiger partial charge is 0.225 e. The fraction of sp³-hybridized carbons (Fsp3) is 0.400. The van der Waals surface area contributed by atoms with Crippen molar-refractivity contribution in [3.05, 3.63) is 53.3 Å². The standard InChI is InChI=1S/C20H24N4O2/c1-15-4-5-17(14-16(15)2)18(25)6-7-19(26)23-10-12-24(13-11-23)20-21-8-3-9-22-20/h3-5,8-9,14H,6-7,10-13H2,1-2H3. The summed E-state index contributed by atoms with van der Waals surface area (Å²) in [6.07, 6.45) is 3.95. The Kier molecular flexibility index (Phi) is 5.61. The highest BCUT2D eigenvalue weighted by atomic mass is 16.2. The fourth-order valence-corrected chi connectivity index (χ4v) is 3.05. The Morgan fingerprint density at radius 2 is 1.65 bits per heavy atom. The molecular formula is C20H24N4O2. The number of nitrogens with zero attached hydrogens (tertiary/aromatic N) is 4. The molecule has 0 spiro atoms. The highest BCUT2D eigenvalue weighted by molar-refractivity contribution is 5.98. The molecule has 1 aliphatic heterocycles. The quantitative estimate of drug-likeness (QED) is 0.773. The molecule has 6 nitrogen and oxygen atoms in total. The molecule has 0 N–H and O–H groups in total. The summed E-state index contributed by atoms with van der Waals surface area (Å²) in [5.41, 5.74) is 2.95. The molecule has 0 bridgehead atoms.